The average Bonchev–Trinajstić information content (AvgIpc) is 2.42. The summed E-state index contributed by atoms with van der Waals surface area (Å²) >= 11 is 0. The van der Waals surface area contributed by atoms with Crippen LogP contribution in [0, 0.1) is 5.92 Å². The first kappa shape index (κ1) is 13.8. The molecule has 0 spiro atoms. The molecule has 0 aromatic carbocycles. The van der Waals surface area contributed by atoms with E-state index in [1.807, 2.05) is 0 Å². The van der Waals surface area contributed by atoms with Gasteiger partial charge in [0, 0.05) is 12.2 Å². The van der Waals surface area contributed by atoms with E-state index in [1.54, 1.807) is 12.3 Å². The van der Waals surface area contributed by atoms with Crippen molar-refractivity contribution in [3.63, 3.8) is 0 Å². The number of hydrogen-bond donors (Lipinski definition) is 2. The van der Waals surface area contributed by atoms with Gasteiger partial charge in [-0.05, 0) is 37.7 Å². The predicted octanol–water partition coefficient (Wildman–Crippen LogP) is 3.55. The van der Waals surface area contributed by atoms with E-state index in [0.29, 0.717) is 17.3 Å². The maximum absolute atomic E-state index is 11.1. The summed E-state index contributed by atoms with van der Waals surface area (Å²) in [4.78, 5) is 15.1. The van der Waals surface area contributed by atoms with Crippen LogP contribution >= 0.6 is 0 Å². The van der Waals surface area contributed by atoms with Crippen molar-refractivity contribution in [3.05, 3.63) is 24.0 Å². The lowest BCUT2D eigenvalue weighted by Crippen LogP contribution is -2.27. The van der Waals surface area contributed by atoms with Gasteiger partial charge >= 0.3 is 5.97 Å². The Labute approximate surface area is 114 Å². The third-order valence-corrected chi connectivity index (χ3v) is 3.95. The van der Waals surface area contributed by atoms with Gasteiger partial charge in [0.15, 0.2) is 0 Å². The first-order valence-electron chi connectivity index (χ1n) is 7.14. The van der Waals surface area contributed by atoms with E-state index < -0.39 is 5.97 Å². The molecule has 0 amide bonds. The summed E-state index contributed by atoms with van der Waals surface area (Å²) in [6, 6.07) is 1.93. The van der Waals surface area contributed by atoms with Gasteiger partial charge in [0.1, 0.15) is 0 Å². The quantitative estimate of drug-likeness (QED) is 0.851. The van der Waals surface area contributed by atoms with Gasteiger partial charge in [-0.15, -0.1) is 0 Å². The van der Waals surface area contributed by atoms with Gasteiger partial charge < -0.3 is 10.4 Å². The van der Waals surface area contributed by atoms with Crippen molar-refractivity contribution in [2.75, 3.05) is 5.32 Å². The maximum Gasteiger partial charge on any atom is 0.337 e. The molecule has 1 heterocycles. The van der Waals surface area contributed by atoms with Crippen LogP contribution in [-0.4, -0.2) is 22.1 Å². The molecule has 2 rings (SSSR count). The minimum Gasteiger partial charge on any atom is -0.478 e. The average molecular weight is 262 g/mol. The first-order valence-corrected chi connectivity index (χ1v) is 7.14. The van der Waals surface area contributed by atoms with E-state index in [2.05, 4.69) is 17.2 Å². The number of nitrogens with zero attached hydrogens (tertiary/aromatic N) is 1. The highest BCUT2D eigenvalue weighted by Gasteiger charge is 2.21. The zero-order valence-corrected chi connectivity index (χ0v) is 11.4. The monoisotopic (exact) mass is 262 g/mol. The number of pyridine rings is 1. The second-order valence-electron chi connectivity index (χ2n) is 5.38. The highest BCUT2D eigenvalue weighted by molar-refractivity contribution is 5.93. The Kier molecular flexibility index (Phi) is 4.77. The number of carboxylic acids is 1. The molecule has 0 bridgehead atoms. The molecular formula is C15H22N2O2. The molecule has 0 atom stereocenters. The van der Waals surface area contributed by atoms with Crippen LogP contribution in [0.4, 0.5) is 5.69 Å². The van der Waals surface area contributed by atoms with Crippen molar-refractivity contribution >= 4 is 11.7 Å². The summed E-state index contributed by atoms with van der Waals surface area (Å²) in [6.07, 6.45) is 10.4. The summed E-state index contributed by atoms with van der Waals surface area (Å²) in [5, 5.41) is 12.5. The van der Waals surface area contributed by atoms with Crippen LogP contribution in [0.3, 0.4) is 0 Å². The number of carbonyl (C=O) groups is 1. The van der Waals surface area contributed by atoms with Crippen LogP contribution < -0.4 is 5.32 Å². The number of carboxylic acid groups (broad SMARTS) is 1. The molecule has 0 radical (unpaired) electrons. The molecule has 1 saturated carbocycles. The summed E-state index contributed by atoms with van der Waals surface area (Å²) in [7, 11) is 0. The number of hydrogen-bond acceptors (Lipinski definition) is 3. The number of anilines is 1. The molecule has 4 heteroatoms. The molecule has 19 heavy (non-hydrogen) atoms. The molecule has 0 saturated heterocycles. The van der Waals surface area contributed by atoms with Crippen molar-refractivity contribution < 1.29 is 9.90 Å². The van der Waals surface area contributed by atoms with Crippen LogP contribution in [0.5, 0.6) is 0 Å². The Hall–Kier alpha value is -1.58. The Morgan fingerprint density at radius 3 is 2.79 bits per heavy atom. The predicted molar refractivity (Wildman–Crippen MR) is 75.5 cm³/mol. The maximum atomic E-state index is 11.1. The number of rotatable bonds is 5. The highest BCUT2D eigenvalue weighted by atomic mass is 16.4. The molecule has 1 aromatic rings. The molecule has 1 aliphatic carbocycles. The molecule has 1 aromatic heterocycles. The minimum absolute atomic E-state index is 0.311. The fourth-order valence-electron chi connectivity index (χ4n) is 2.92. The van der Waals surface area contributed by atoms with Gasteiger partial charge in [0.25, 0.3) is 0 Å². The normalized spacial score (nSPS) is 23.0. The van der Waals surface area contributed by atoms with Crippen molar-refractivity contribution in [2.45, 2.75) is 51.5 Å². The van der Waals surface area contributed by atoms with Crippen molar-refractivity contribution in [3.8, 4) is 0 Å². The number of aromatic carboxylic acids is 1. The highest BCUT2D eigenvalue weighted by Crippen LogP contribution is 2.30. The van der Waals surface area contributed by atoms with Gasteiger partial charge in [-0.1, -0.05) is 19.8 Å². The molecule has 1 aliphatic rings. The molecule has 4 nitrogen and oxygen atoms in total. The van der Waals surface area contributed by atoms with Gasteiger partial charge in [-0.2, -0.15) is 0 Å². The van der Waals surface area contributed by atoms with Crippen molar-refractivity contribution in [1.29, 1.82) is 0 Å². The molecular weight excluding hydrogens is 240 g/mol. The first-order chi connectivity index (χ1) is 9.20. The standard InChI is InChI=1S/C15H22N2O2/c1-2-3-11-4-6-12(7-5-11)17-14-10-16-9-8-13(14)15(18)19/h8-12,17H,2-7H2,1H3,(H,18,19). The van der Waals surface area contributed by atoms with Crippen LogP contribution in [-0.2, 0) is 0 Å². The Morgan fingerprint density at radius 1 is 1.42 bits per heavy atom. The molecule has 0 unspecified atom stereocenters. The summed E-state index contributed by atoms with van der Waals surface area (Å²) < 4.78 is 0. The Morgan fingerprint density at radius 2 is 2.16 bits per heavy atom. The molecule has 1 fully saturated rings. The molecule has 0 aliphatic heterocycles. The smallest absolute Gasteiger partial charge is 0.337 e. The van der Waals surface area contributed by atoms with Crippen LogP contribution in [0.25, 0.3) is 0 Å². The second-order valence-corrected chi connectivity index (χ2v) is 5.38. The van der Waals surface area contributed by atoms with Gasteiger partial charge in [0.05, 0.1) is 17.4 Å². The third kappa shape index (κ3) is 3.69. The van der Waals surface area contributed by atoms with E-state index >= 15 is 0 Å². The van der Waals surface area contributed by atoms with Crippen molar-refractivity contribution in [1.82, 2.24) is 4.98 Å². The van der Waals surface area contributed by atoms with Crippen LogP contribution in [0.15, 0.2) is 18.5 Å². The Balaban J connectivity index is 1.94. The van der Waals surface area contributed by atoms with Crippen LogP contribution in [0.1, 0.15) is 55.8 Å². The number of aromatic nitrogens is 1. The van der Waals surface area contributed by atoms with Crippen LogP contribution in [0.2, 0.25) is 0 Å². The summed E-state index contributed by atoms with van der Waals surface area (Å²) in [5.74, 6) is -0.0412. The topological polar surface area (TPSA) is 62.2 Å². The van der Waals surface area contributed by atoms with Gasteiger partial charge in [-0.3, -0.25) is 4.98 Å². The van der Waals surface area contributed by atoms with E-state index in [0.717, 1.165) is 18.8 Å². The SMILES string of the molecule is CCCC1CCC(Nc2cnccc2C(=O)O)CC1. The van der Waals surface area contributed by atoms with E-state index in [4.69, 9.17) is 5.11 Å². The molecule has 2 N–H and O–H groups in total. The second kappa shape index (κ2) is 6.55. The van der Waals surface area contributed by atoms with Gasteiger partial charge in [-0.25, -0.2) is 4.79 Å². The van der Waals surface area contributed by atoms with E-state index in [9.17, 15) is 4.79 Å². The lowest BCUT2D eigenvalue weighted by Gasteiger charge is -2.29. The summed E-state index contributed by atoms with van der Waals surface area (Å²) in [5.41, 5.74) is 0.958. The van der Waals surface area contributed by atoms with Crippen molar-refractivity contribution in [2.24, 2.45) is 5.92 Å². The fourth-order valence-corrected chi connectivity index (χ4v) is 2.92. The lowest BCUT2D eigenvalue weighted by molar-refractivity contribution is 0.0697. The Bertz CT molecular complexity index is 426. The lowest BCUT2D eigenvalue weighted by atomic mass is 9.83. The molecule has 104 valence electrons. The van der Waals surface area contributed by atoms with E-state index in [1.165, 1.54) is 31.9 Å². The fraction of sp³-hybridized carbons (Fsp3) is 0.600. The van der Waals surface area contributed by atoms with Gasteiger partial charge in [0.2, 0.25) is 0 Å². The number of nitrogens with one attached hydrogen (secondary N) is 1. The van der Waals surface area contributed by atoms with E-state index in [-0.39, 0.29) is 0 Å². The third-order valence-electron chi connectivity index (χ3n) is 3.95. The summed E-state index contributed by atoms with van der Waals surface area (Å²) in [6.45, 7) is 2.24. The largest absolute Gasteiger partial charge is 0.478 e. The zero-order valence-electron chi connectivity index (χ0n) is 11.4. The zero-order chi connectivity index (χ0) is 13.7. The minimum atomic E-state index is -0.899.